The SMILES string of the molecule is CC[C@](C)(S)[C@H](O)C[C@@H](C)O. The Labute approximate surface area is 74.0 Å². The first-order chi connectivity index (χ1) is 4.90. The monoisotopic (exact) mass is 178 g/mol. The Bertz CT molecular complexity index is 113. The molecule has 3 atom stereocenters. The van der Waals surface area contributed by atoms with Crippen LogP contribution < -0.4 is 0 Å². The van der Waals surface area contributed by atoms with Crippen molar-refractivity contribution in [3.8, 4) is 0 Å². The lowest BCUT2D eigenvalue weighted by Gasteiger charge is -2.28. The second kappa shape index (κ2) is 4.33. The predicted molar refractivity (Wildman–Crippen MR) is 50.0 cm³/mol. The third-order valence-corrected chi connectivity index (χ3v) is 2.61. The normalized spacial score (nSPS) is 22.4. The summed E-state index contributed by atoms with van der Waals surface area (Å²) in [6.45, 7) is 5.52. The van der Waals surface area contributed by atoms with Crippen molar-refractivity contribution in [2.24, 2.45) is 0 Å². The molecule has 3 heteroatoms. The Hall–Kier alpha value is 0.270. The zero-order valence-electron chi connectivity index (χ0n) is 7.41. The second-order valence-electron chi connectivity index (χ2n) is 3.31. The van der Waals surface area contributed by atoms with E-state index in [-0.39, 0.29) is 4.75 Å². The van der Waals surface area contributed by atoms with Crippen molar-refractivity contribution in [1.29, 1.82) is 0 Å². The Kier molecular flexibility index (Phi) is 4.44. The van der Waals surface area contributed by atoms with Crippen molar-refractivity contribution >= 4 is 12.6 Å². The Morgan fingerprint density at radius 2 is 1.91 bits per heavy atom. The van der Waals surface area contributed by atoms with Gasteiger partial charge >= 0.3 is 0 Å². The highest BCUT2D eigenvalue weighted by molar-refractivity contribution is 7.81. The van der Waals surface area contributed by atoms with Gasteiger partial charge in [0.25, 0.3) is 0 Å². The number of thiol groups is 1. The van der Waals surface area contributed by atoms with Gasteiger partial charge < -0.3 is 10.2 Å². The molecule has 0 radical (unpaired) electrons. The largest absolute Gasteiger partial charge is 0.393 e. The summed E-state index contributed by atoms with van der Waals surface area (Å²) < 4.78 is -0.378. The number of rotatable bonds is 4. The summed E-state index contributed by atoms with van der Waals surface area (Å²) >= 11 is 4.30. The van der Waals surface area contributed by atoms with E-state index in [0.717, 1.165) is 6.42 Å². The minimum Gasteiger partial charge on any atom is -0.393 e. The van der Waals surface area contributed by atoms with E-state index in [4.69, 9.17) is 5.11 Å². The highest BCUT2D eigenvalue weighted by Gasteiger charge is 2.27. The lowest BCUT2D eigenvalue weighted by molar-refractivity contribution is 0.0672. The summed E-state index contributed by atoms with van der Waals surface area (Å²) in [6, 6.07) is 0. The average Bonchev–Trinajstić information content (AvgIpc) is 1.86. The van der Waals surface area contributed by atoms with E-state index in [2.05, 4.69) is 12.6 Å². The maximum Gasteiger partial charge on any atom is 0.0706 e. The molecule has 0 rings (SSSR count). The molecule has 0 aliphatic heterocycles. The molecule has 0 aromatic rings. The van der Waals surface area contributed by atoms with E-state index in [9.17, 15) is 5.11 Å². The minimum atomic E-state index is -0.532. The smallest absolute Gasteiger partial charge is 0.0706 e. The number of hydrogen-bond acceptors (Lipinski definition) is 3. The van der Waals surface area contributed by atoms with Crippen LogP contribution in [0.15, 0.2) is 0 Å². The van der Waals surface area contributed by atoms with Crippen molar-refractivity contribution < 1.29 is 10.2 Å². The van der Waals surface area contributed by atoms with Crippen molar-refractivity contribution in [2.75, 3.05) is 0 Å². The summed E-state index contributed by atoms with van der Waals surface area (Å²) in [5.74, 6) is 0. The summed E-state index contributed by atoms with van der Waals surface area (Å²) in [7, 11) is 0. The van der Waals surface area contributed by atoms with E-state index < -0.39 is 12.2 Å². The molecule has 0 aromatic heterocycles. The lowest BCUT2D eigenvalue weighted by atomic mass is 9.96. The molecule has 0 saturated carbocycles. The minimum absolute atomic E-state index is 0.378. The molecule has 0 fully saturated rings. The number of aliphatic hydroxyl groups is 2. The fourth-order valence-corrected chi connectivity index (χ4v) is 0.918. The van der Waals surface area contributed by atoms with E-state index in [1.165, 1.54) is 0 Å². The molecular weight excluding hydrogens is 160 g/mol. The molecule has 68 valence electrons. The maximum atomic E-state index is 9.51. The molecule has 0 aliphatic carbocycles. The first-order valence-corrected chi connectivity index (χ1v) is 4.43. The molecule has 2 nitrogen and oxygen atoms in total. The van der Waals surface area contributed by atoms with Gasteiger partial charge in [0.2, 0.25) is 0 Å². The van der Waals surface area contributed by atoms with Crippen LogP contribution >= 0.6 is 12.6 Å². The quantitative estimate of drug-likeness (QED) is 0.566. The Morgan fingerprint density at radius 1 is 1.45 bits per heavy atom. The van der Waals surface area contributed by atoms with Gasteiger partial charge in [0, 0.05) is 11.2 Å². The molecule has 11 heavy (non-hydrogen) atoms. The lowest BCUT2D eigenvalue weighted by Crippen LogP contribution is -2.35. The van der Waals surface area contributed by atoms with E-state index >= 15 is 0 Å². The fourth-order valence-electron chi connectivity index (χ4n) is 0.813. The van der Waals surface area contributed by atoms with Crippen LogP contribution in [0.2, 0.25) is 0 Å². The van der Waals surface area contributed by atoms with Gasteiger partial charge in [-0.3, -0.25) is 0 Å². The molecule has 0 spiro atoms. The first kappa shape index (κ1) is 11.3. The van der Waals surface area contributed by atoms with Gasteiger partial charge in [0.05, 0.1) is 12.2 Å². The third kappa shape index (κ3) is 3.99. The predicted octanol–water partition coefficient (Wildman–Crippen LogP) is 1.22. The molecule has 0 heterocycles. The summed E-state index contributed by atoms with van der Waals surface area (Å²) in [6.07, 6.45) is 0.205. The van der Waals surface area contributed by atoms with Gasteiger partial charge in [-0.1, -0.05) is 6.92 Å². The molecule has 0 bridgehead atoms. The first-order valence-electron chi connectivity index (χ1n) is 3.98. The summed E-state index contributed by atoms with van der Waals surface area (Å²) in [4.78, 5) is 0. The van der Waals surface area contributed by atoms with Crippen LogP contribution in [0.25, 0.3) is 0 Å². The zero-order chi connectivity index (χ0) is 9.07. The van der Waals surface area contributed by atoms with Gasteiger partial charge in [-0.2, -0.15) is 12.6 Å². The topological polar surface area (TPSA) is 40.5 Å². The number of hydrogen-bond donors (Lipinski definition) is 3. The summed E-state index contributed by atoms with van der Waals surface area (Å²) in [5, 5.41) is 18.5. The molecule has 2 N–H and O–H groups in total. The number of aliphatic hydroxyl groups excluding tert-OH is 2. The molecule has 0 unspecified atom stereocenters. The van der Waals surface area contributed by atoms with Crippen LogP contribution in [0, 0.1) is 0 Å². The van der Waals surface area contributed by atoms with Crippen molar-refractivity contribution in [3.63, 3.8) is 0 Å². The van der Waals surface area contributed by atoms with Gasteiger partial charge in [-0.05, 0) is 20.3 Å². The zero-order valence-corrected chi connectivity index (χ0v) is 8.30. The van der Waals surface area contributed by atoms with Crippen molar-refractivity contribution in [1.82, 2.24) is 0 Å². The summed E-state index contributed by atoms with van der Waals surface area (Å²) in [5.41, 5.74) is 0. The molecule has 0 saturated heterocycles. The standard InChI is InChI=1S/C8H18O2S/c1-4-8(3,11)7(10)5-6(2)9/h6-7,9-11H,4-5H2,1-3H3/t6-,7-,8+/m1/s1. The van der Waals surface area contributed by atoms with Crippen LogP contribution in [0.4, 0.5) is 0 Å². The Morgan fingerprint density at radius 3 is 2.18 bits per heavy atom. The van der Waals surface area contributed by atoms with Crippen molar-refractivity contribution in [2.45, 2.75) is 50.6 Å². The van der Waals surface area contributed by atoms with Gasteiger partial charge in [-0.15, -0.1) is 0 Å². The van der Waals surface area contributed by atoms with Crippen LogP contribution in [0.5, 0.6) is 0 Å². The molecule has 0 aliphatic rings. The molecule has 0 aromatic carbocycles. The van der Waals surface area contributed by atoms with E-state index in [0.29, 0.717) is 6.42 Å². The Balaban J connectivity index is 3.90. The van der Waals surface area contributed by atoms with Crippen molar-refractivity contribution in [3.05, 3.63) is 0 Å². The second-order valence-corrected chi connectivity index (χ2v) is 4.33. The fraction of sp³-hybridized carbons (Fsp3) is 1.00. The van der Waals surface area contributed by atoms with Crippen LogP contribution in [-0.4, -0.2) is 27.2 Å². The van der Waals surface area contributed by atoms with E-state index in [1.807, 2.05) is 13.8 Å². The van der Waals surface area contributed by atoms with E-state index in [1.54, 1.807) is 6.92 Å². The van der Waals surface area contributed by atoms with Crippen LogP contribution in [0.3, 0.4) is 0 Å². The van der Waals surface area contributed by atoms with Gasteiger partial charge in [0.1, 0.15) is 0 Å². The maximum absolute atomic E-state index is 9.51. The van der Waals surface area contributed by atoms with Crippen LogP contribution in [-0.2, 0) is 0 Å². The third-order valence-electron chi connectivity index (χ3n) is 2.00. The molecular formula is C8H18O2S. The van der Waals surface area contributed by atoms with Gasteiger partial charge in [0.15, 0.2) is 0 Å². The average molecular weight is 178 g/mol. The highest BCUT2D eigenvalue weighted by Crippen LogP contribution is 2.25. The van der Waals surface area contributed by atoms with Gasteiger partial charge in [-0.25, -0.2) is 0 Å². The highest BCUT2D eigenvalue weighted by atomic mass is 32.1. The van der Waals surface area contributed by atoms with Crippen LogP contribution in [0.1, 0.15) is 33.6 Å². The molecule has 0 amide bonds.